The van der Waals surface area contributed by atoms with E-state index in [1.807, 2.05) is 72.1 Å². The number of ether oxygens (including phenoxy) is 1. The van der Waals surface area contributed by atoms with Gasteiger partial charge in [-0.2, -0.15) is 0 Å². The van der Waals surface area contributed by atoms with Crippen LogP contribution >= 0.6 is 23.1 Å². The van der Waals surface area contributed by atoms with Crippen molar-refractivity contribution in [3.63, 3.8) is 0 Å². The van der Waals surface area contributed by atoms with Crippen molar-refractivity contribution in [3.05, 3.63) is 84.2 Å². The van der Waals surface area contributed by atoms with Gasteiger partial charge in [0, 0.05) is 27.2 Å². The summed E-state index contributed by atoms with van der Waals surface area (Å²) in [5, 5.41) is 10.8. The molecule has 34 heavy (non-hydrogen) atoms. The summed E-state index contributed by atoms with van der Waals surface area (Å²) in [6.07, 6.45) is 0. The monoisotopic (exact) mass is 490 g/mol. The highest BCUT2D eigenvalue weighted by Crippen LogP contribution is 2.32. The Morgan fingerprint density at radius 3 is 2.29 bits per heavy atom. The van der Waals surface area contributed by atoms with Crippen LogP contribution in [0.15, 0.2) is 89.1 Å². The molecule has 0 atom stereocenters. The van der Waals surface area contributed by atoms with Crippen molar-refractivity contribution in [2.45, 2.75) is 4.90 Å². The van der Waals surface area contributed by atoms with Gasteiger partial charge in [0.25, 0.3) is 0 Å². The van der Waals surface area contributed by atoms with E-state index in [0.29, 0.717) is 16.5 Å². The highest BCUT2D eigenvalue weighted by atomic mass is 32.2. The van der Waals surface area contributed by atoms with Crippen molar-refractivity contribution < 1.29 is 14.3 Å². The molecule has 3 N–H and O–H groups in total. The number of anilines is 3. The fraction of sp³-hybridized carbons (Fsp3) is 0.0800. The highest BCUT2D eigenvalue weighted by molar-refractivity contribution is 8.00. The van der Waals surface area contributed by atoms with Gasteiger partial charge in [0.1, 0.15) is 5.75 Å². The molecule has 0 bridgehead atoms. The first-order valence-corrected chi connectivity index (χ1v) is 12.2. The molecule has 0 radical (unpaired) electrons. The van der Waals surface area contributed by atoms with Gasteiger partial charge < -0.3 is 20.7 Å². The lowest BCUT2D eigenvalue weighted by molar-refractivity contribution is -0.113. The normalized spacial score (nSPS) is 10.4. The minimum absolute atomic E-state index is 0.143. The van der Waals surface area contributed by atoms with Crippen molar-refractivity contribution in [3.8, 4) is 17.0 Å². The van der Waals surface area contributed by atoms with E-state index in [2.05, 4.69) is 20.9 Å². The average Bonchev–Trinajstić information content (AvgIpc) is 3.32. The van der Waals surface area contributed by atoms with Crippen LogP contribution in [0.2, 0.25) is 0 Å². The van der Waals surface area contributed by atoms with Crippen LogP contribution in [0, 0.1) is 0 Å². The molecule has 0 saturated carbocycles. The lowest BCUT2D eigenvalue weighted by atomic mass is 10.1. The number of thioether (sulfide) groups is 1. The van der Waals surface area contributed by atoms with Crippen LogP contribution in [-0.2, 0) is 4.79 Å². The summed E-state index contributed by atoms with van der Waals surface area (Å²) < 4.78 is 5.38. The molecule has 0 unspecified atom stereocenters. The van der Waals surface area contributed by atoms with Crippen LogP contribution in [0.1, 0.15) is 0 Å². The Morgan fingerprint density at radius 2 is 1.56 bits per heavy atom. The lowest BCUT2D eigenvalue weighted by Gasteiger charge is -2.08. The minimum Gasteiger partial charge on any atom is -0.496 e. The van der Waals surface area contributed by atoms with Gasteiger partial charge in [-0.3, -0.25) is 4.79 Å². The second-order valence-corrected chi connectivity index (χ2v) is 8.95. The Morgan fingerprint density at radius 1 is 0.882 bits per heavy atom. The fourth-order valence-electron chi connectivity index (χ4n) is 3.06. The molecule has 3 aromatic carbocycles. The summed E-state index contributed by atoms with van der Waals surface area (Å²) in [5.41, 5.74) is 3.01. The quantitative estimate of drug-likeness (QED) is 0.256. The van der Waals surface area contributed by atoms with E-state index in [9.17, 15) is 9.59 Å². The second-order valence-electron chi connectivity index (χ2n) is 7.04. The Balaban J connectivity index is 1.26. The van der Waals surface area contributed by atoms with Crippen LogP contribution in [-0.4, -0.2) is 29.8 Å². The van der Waals surface area contributed by atoms with Gasteiger partial charge in [0.15, 0.2) is 5.13 Å². The number of amides is 3. The number of para-hydroxylation sites is 2. The molecule has 0 spiro atoms. The Hall–Kier alpha value is -3.82. The molecule has 1 heterocycles. The number of hydrogen-bond donors (Lipinski definition) is 3. The maximum Gasteiger partial charge on any atom is 0.323 e. The molecule has 0 aliphatic rings. The lowest BCUT2D eigenvalue weighted by Crippen LogP contribution is -2.19. The van der Waals surface area contributed by atoms with Gasteiger partial charge in [-0.1, -0.05) is 30.3 Å². The first-order valence-electron chi connectivity index (χ1n) is 10.4. The molecule has 7 nitrogen and oxygen atoms in total. The third kappa shape index (κ3) is 6.37. The molecule has 172 valence electrons. The zero-order valence-electron chi connectivity index (χ0n) is 18.3. The molecule has 4 aromatic rings. The molecular weight excluding hydrogens is 468 g/mol. The molecule has 0 aliphatic carbocycles. The van der Waals surface area contributed by atoms with Gasteiger partial charge in [-0.15, -0.1) is 23.1 Å². The third-order valence-corrected chi connectivity index (χ3v) is 6.42. The Kier molecular flexibility index (Phi) is 7.79. The molecule has 3 amide bonds. The van der Waals surface area contributed by atoms with Gasteiger partial charge in [-0.05, 0) is 48.5 Å². The molecular formula is C25H22N4O3S2. The fourth-order valence-corrected chi connectivity index (χ4v) is 4.49. The van der Waals surface area contributed by atoms with Gasteiger partial charge >= 0.3 is 6.03 Å². The van der Waals surface area contributed by atoms with E-state index in [1.165, 1.54) is 23.1 Å². The van der Waals surface area contributed by atoms with E-state index in [0.717, 1.165) is 21.9 Å². The van der Waals surface area contributed by atoms with Gasteiger partial charge in [0.2, 0.25) is 5.91 Å². The molecule has 1 aromatic heterocycles. The van der Waals surface area contributed by atoms with Crippen LogP contribution in [0.5, 0.6) is 5.75 Å². The Bertz CT molecular complexity index is 1260. The van der Waals surface area contributed by atoms with Crippen molar-refractivity contribution in [2.75, 3.05) is 28.8 Å². The zero-order valence-corrected chi connectivity index (χ0v) is 19.9. The van der Waals surface area contributed by atoms with E-state index in [4.69, 9.17) is 4.74 Å². The number of methoxy groups -OCH3 is 1. The van der Waals surface area contributed by atoms with Crippen molar-refractivity contribution in [1.82, 2.24) is 4.98 Å². The summed E-state index contributed by atoms with van der Waals surface area (Å²) in [4.78, 5) is 29.9. The summed E-state index contributed by atoms with van der Waals surface area (Å²) in [7, 11) is 1.62. The zero-order chi connectivity index (χ0) is 23.8. The summed E-state index contributed by atoms with van der Waals surface area (Å²) >= 11 is 2.77. The van der Waals surface area contributed by atoms with E-state index in [-0.39, 0.29) is 17.7 Å². The van der Waals surface area contributed by atoms with Crippen LogP contribution in [0.25, 0.3) is 11.3 Å². The van der Waals surface area contributed by atoms with Crippen molar-refractivity contribution >= 4 is 51.5 Å². The van der Waals surface area contributed by atoms with E-state index in [1.54, 1.807) is 19.2 Å². The number of nitrogens with one attached hydrogen (secondary N) is 3. The third-order valence-electron chi connectivity index (χ3n) is 4.65. The average molecular weight is 491 g/mol. The number of aromatic nitrogens is 1. The molecule has 9 heteroatoms. The molecule has 0 fully saturated rings. The number of carbonyl (C=O) groups excluding carboxylic acids is 2. The number of nitrogens with zero attached hydrogens (tertiary/aromatic N) is 1. The largest absolute Gasteiger partial charge is 0.496 e. The predicted octanol–water partition coefficient (Wildman–Crippen LogP) is 6.19. The smallest absolute Gasteiger partial charge is 0.323 e. The van der Waals surface area contributed by atoms with E-state index < -0.39 is 0 Å². The maximum atomic E-state index is 12.4. The number of thiazole rings is 1. The predicted molar refractivity (Wildman–Crippen MR) is 139 cm³/mol. The number of urea groups is 1. The summed E-state index contributed by atoms with van der Waals surface area (Å²) in [5.74, 6) is 0.831. The van der Waals surface area contributed by atoms with Crippen molar-refractivity contribution in [1.29, 1.82) is 0 Å². The summed E-state index contributed by atoms with van der Waals surface area (Å²) in [6, 6.07) is 23.8. The van der Waals surface area contributed by atoms with Crippen molar-refractivity contribution in [2.24, 2.45) is 0 Å². The standard InChI is InChI=1S/C25H22N4O3S2/c1-32-22-10-6-5-9-20(22)21-15-34-25(28-21)29-23(30)16-33-19-13-11-18(12-14-19)27-24(31)26-17-7-3-2-4-8-17/h2-15H,16H2,1H3,(H2,26,27,31)(H,28,29,30). The van der Waals surface area contributed by atoms with Gasteiger partial charge in [0.05, 0.1) is 18.6 Å². The van der Waals surface area contributed by atoms with Crippen LogP contribution in [0.4, 0.5) is 21.3 Å². The minimum atomic E-state index is -0.318. The number of hydrogen-bond acceptors (Lipinski definition) is 6. The highest BCUT2D eigenvalue weighted by Gasteiger charge is 2.12. The second kappa shape index (κ2) is 11.4. The Labute approximate surface area is 205 Å². The first-order chi connectivity index (χ1) is 16.6. The van der Waals surface area contributed by atoms with E-state index >= 15 is 0 Å². The van der Waals surface area contributed by atoms with Crippen LogP contribution in [0.3, 0.4) is 0 Å². The van der Waals surface area contributed by atoms with Crippen LogP contribution < -0.4 is 20.7 Å². The van der Waals surface area contributed by atoms with Gasteiger partial charge in [-0.25, -0.2) is 9.78 Å². The molecule has 0 aliphatic heterocycles. The topological polar surface area (TPSA) is 92.4 Å². The number of carbonyl (C=O) groups is 2. The first kappa shape index (κ1) is 23.3. The number of rotatable bonds is 8. The maximum absolute atomic E-state index is 12.4. The number of benzene rings is 3. The summed E-state index contributed by atoms with van der Waals surface area (Å²) in [6.45, 7) is 0. The molecule has 0 saturated heterocycles. The SMILES string of the molecule is COc1ccccc1-c1csc(NC(=O)CSc2ccc(NC(=O)Nc3ccccc3)cc2)n1. The molecule has 4 rings (SSSR count).